The number of nitrogens with one attached hydrogen (secondary N) is 1. The third-order valence-corrected chi connectivity index (χ3v) is 4.11. The lowest BCUT2D eigenvalue weighted by Crippen LogP contribution is -2.25. The van der Waals surface area contributed by atoms with Crippen LogP contribution in [0, 0.1) is 0 Å². The molecule has 1 aromatic heterocycles. The summed E-state index contributed by atoms with van der Waals surface area (Å²) in [5, 5.41) is 5.10. The Kier molecular flexibility index (Phi) is 6.73. The van der Waals surface area contributed by atoms with Crippen molar-refractivity contribution in [2.75, 3.05) is 27.2 Å². The van der Waals surface area contributed by atoms with E-state index >= 15 is 0 Å². The number of benzene rings is 2. The molecule has 25 heavy (non-hydrogen) atoms. The number of fused-ring (bicyclic) bond motifs is 2. The van der Waals surface area contributed by atoms with E-state index in [0.717, 1.165) is 41.2 Å². The Morgan fingerprint density at radius 3 is 2.60 bits per heavy atom. The number of hydrogen-bond donors (Lipinski definition) is 1. The van der Waals surface area contributed by atoms with Crippen molar-refractivity contribution in [2.45, 2.75) is 12.8 Å². The average Bonchev–Trinajstić information content (AvgIpc) is 2.58. The van der Waals surface area contributed by atoms with Crippen molar-refractivity contribution >= 4 is 40.1 Å². The Hall–Kier alpha value is -2.17. The van der Waals surface area contributed by atoms with Gasteiger partial charge < -0.3 is 10.2 Å². The second-order valence-corrected chi connectivity index (χ2v) is 6.32. The average molecular weight is 358 g/mol. The van der Waals surface area contributed by atoms with Gasteiger partial charge in [0.15, 0.2) is 0 Å². The molecule has 2 aromatic carbocycles. The van der Waals surface area contributed by atoms with E-state index in [4.69, 9.17) is 4.98 Å². The van der Waals surface area contributed by atoms with Gasteiger partial charge in [0.05, 0.1) is 16.6 Å². The summed E-state index contributed by atoms with van der Waals surface area (Å²) in [6.45, 7) is 1.73. The van der Waals surface area contributed by atoms with Gasteiger partial charge in [-0.2, -0.15) is 0 Å². The molecular formula is C20H24ClN3O. The van der Waals surface area contributed by atoms with E-state index in [9.17, 15) is 4.79 Å². The topological polar surface area (TPSA) is 45.2 Å². The van der Waals surface area contributed by atoms with Gasteiger partial charge in [-0.3, -0.25) is 4.79 Å². The normalized spacial score (nSPS) is 10.8. The molecule has 4 nitrogen and oxygen atoms in total. The highest BCUT2D eigenvalue weighted by Crippen LogP contribution is 2.22. The van der Waals surface area contributed by atoms with Crippen LogP contribution in [-0.2, 0) is 0 Å². The predicted molar refractivity (Wildman–Crippen MR) is 107 cm³/mol. The minimum atomic E-state index is -0.0479. The summed E-state index contributed by atoms with van der Waals surface area (Å²) in [4.78, 5) is 19.4. The molecule has 0 unspecified atom stereocenters. The number of aromatic nitrogens is 1. The van der Waals surface area contributed by atoms with E-state index < -0.39 is 0 Å². The molecule has 5 heteroatoms. The van der Waals surface area contributed by atoms with Crippen LogP contribution in [0.3, 0.4) is 0 Å². The molecule has 3 rings (SSSR count). The van der Waals surface area contributed by atoms with Crippen LogP contribution in [0.1, 0.15) is 23.2 Å². The second kappa shape index (κ2) is 8.79. The summed E-state index contributed by atoms with van der Waals surface area (Å²) < 4.78 is 0. The monoisotopic (exact) mass is 357 g/mol. The number of pyridine rings is 1. The number of rotatable bonds is 6. The zero-order valence-corrected chi connectivity index (χ0v) is 15.5. The Balaban J connectivity index is 0.00000225. The van der Waals surface area contributed by atoms with Crippen molar-refractivity contribution in [3.05, 3.63) is 54.1 Å². The van der Waals surface area contributed by atoms with Gasteiger partial charge in [-0.1, -0.05) is 30.3 Å². The molecule has 132 valence electrons. The number of carbonyl (C=O) groups is 1. The minimum absolute atomic E-state index is 0. The van der Waals surface area contributed by atoms with Crippen molar-refractivity contribution in [3.8, 4) is 0 Å². The maximum atomic E-state index is 12.5. The van der Waals surface area contributed by atoms with Crippen molar-refractivity contribution < 1.29 is 4.79 Å². The summed E-state index contributed by atoms with van der Waals surface area (Å²) in [7, 11) is 4.12. The highest BCUT2D eigenvalue weighted by Gasteiger charge is 2.11. The van der Waals surface area contributed by atoms with Gasteiger partial charge in [0.2, 0.25) is 0 Å². The van der Waals surface area contributed by atoms with Crippen LogP contribution in [0.5, 0.6) is 0 Å². The summed E-state index contributed by atoms with van der Waals surface area (Å²) >= 11 is 0. The van der Waals surface area contributed by atoms with Crippen LogP contribution in [0.4, 0.5) is 0 Å². The SMILES string of the molecule is CN(C)CCCCNC(=O)c1cccc2cc3ccccc3nc12.Cl. The smallest absolute Gasteiger partial charge is 0.253 e. The maximum Gasteiger partial charge on any atom is 0.253 e. The highest BCUT2D eigenvalue weighted by molar-refractivity contribution is 6.07. The van der Waals surface area contributed by atoms with Crippen LogP contribution in [0.2, 0.25) is 0 Å². The van der Waals surface area contributed by atoms with Crippen molar-refractivity contribution in [2.24, 2.45) is 0 Å². The van der Waals surface area contributed by atoms with E-state index in [0.29, 0.717) is 12.1 Å². The molecule has 1 amide bonds. The van der Waals surface area contributed by atoms with E-state index in [2.05, 4.69) is 30.4 Å². The zero-order chi connectivity index (χ0) is 16.9. The van der Waals surface area contributed by atoms with Crippen molar-refractivity contribution in [1.29, 1.82) is 0 Å². The lowest BCUT2D eigenvalue weighted by Gasteiger charge is -2.10. The molecule has 0 fully saturated rings. The molecule has 0 aliphatic heterocycles. The molecule has 0 saturated carbocycles. The predicted octanol–water partition coefficient (Wildman–Crippen LogP) is 3.88. The third kappa shape index (κ3) is 4.68. The summed E-state index contributed by atoms with van der Waals surface area (Å²) in [5.74, 6) is -0.0479. The number of amides is 1. The number of hydrogen-bond acceptors (Lipinski definition) is 3. The van der Waals surface area contributed by atoms with Gasteiger partial charge in [-0.25, -0.2) is 4.98 Å². The van der Waals surface area contributed by atoms with Gasteiger partial charge in [-0.15, -0.1) is 12.4 Å². The standard InChI is InChI=1S/C20H23N3O.ClH/c1-23(2)13-6-5-12-21-20(24)17-10-7-9-16-14-15-8-3-4-11-18(15)22-19(16)17;/h3-4,7-11,14H,5-6,12-13H2,1-2H3,(H,21,24);1H. The molecule has 0 aliphatic carbocycles. The van der Waals surface area contributed by atoms with Gasteiger partial charge in [-0.05, 0) is 51.7 Å². The van der Waals surface area contributed by atoms with Crippen LogP contribution < -0.4 is 5.32 Å². The summed E-state index contributed by atoms with van der Waals surface area (Å²) in [5.41, 5.74) is 2.32. The molecule has 0 radical (unpaired) electrons. The Labute approximate surface area is 154 Å². The highest BCUT2D eigenvalue weighted by atomic mass is 35.5. The van der Waals surface area contributed by atoms with Crippen LogP contribution in [0.25, 0.3) is 21.8 Å². The lowest BCUT2D eigenvalue weighted by molar-refractivity contribution is 0.0954. The molecule has 3 aromatic rings. The minimum Gasteiger partial charge on any atom is -0.352 e. The van der Waals surface area contributed by atoms with Crippen LogP contribution in [-0.4, -0.2) is 43.0 Å². The first-order valence-corrected chi connectivity index (χ1v) is 8.36. The van der Waals surface area contributed by atoms with Gasteiger partial charge >= 0.3 is 0 Å². The lowest BCUT2D eigenvalue weighted by atomic mass is 10.1. The van der Waals surface area contributed by atoms with E-state index in [1.807, 2.05) is 42.5 Å². The van der Waals surface area contributed by atoms with Crippen molar-refractivity contribution in [1.82, 2.24) is 15.2 Å². The Bertz CT molecular complexity index is 864. The molecule has 0 saturated heterocycles. The molecular weight excluding hydrogens is 334 g/mol. The Morgan fingerprint density at radius 2 is 1.80 bits per heavy atom. The van der Waals surface area contributed by atoms with E-state index in [1.54, 1.807) is 0 Å². The van der Waals surface area contributed by atoms with Gasteiger partial charge in [0.1, 0.15) is 0 Å². The van der Waals surface area contributed by atoms with E-state index in [1.165, 1.54) is 0 Å². The first kappa shape index (κ1) is 19.2. The Morgan fingerprint density at radius 1 is 1.04 bits per heavy atom. The molecule has 0 spiro atoms. The van der Waals surface area contributed by atoms with Crippen molar-refractivity contribution in [3.63, 3.8) is 0 Å². The first-order valence-electron chi connectivity index (χ1n) is 8.36. The van der Waals surface area contributed by atoms with Crippen LogP contribution in [0.15, 0.2) is 48.5 Å². The summed E-state index contributed by atoms with van der Waals surface area (Å²) in [6.07, 6.45) is 2.05. The third-order valence-electron chi connectivity index (χ3n) is 4.11. The number of nitrogens with zero attached hydrogens (tertiary/aromatic N) is 2. The molecule has 1 N–H and O–H groups in total. The number of halogens is 1. The molecule has 0 aliphatic rings. The fourth-order valence-electron chi connectivity index (χ4n) is 2.84. The molecule has 0 atom stereocenters. The summed E-state index contributed by atoms with van der Waals surface area (Å²) in [6, 6.07) is 15.8. The maximum absolute atomic E-state index is 12.5. The molecule has 0 bridgehead atoms. The number of carbonyl (C=O) groups excluding carboxylic acids is 1. The van der Waals surface area contributed by atoms with Gasteiger partial charge in [0.25, 0.3) is 5.91 Å². The second-order valence-electron chi connectivity index (χ2n) is 6.32. The largest absolute Gasteiger partial charge is 0.352 e. The van der Waals surface area contributed by atoms with Gasteiger partial charge in [0, 0.05) is 17.3 Å². The van der Waals surface area contributed by atoms with E-state index in [-0.39, 0.29) is 18.3 Å². The number of para-hydroxylation sites is 2. The fraction of sp³-hybridized carbons (Fsp3) is 0.300. The molecule has 1 heterocycles. The quantitative estimate of drug-likeness (QED) is 0.538. The fourth-order valence-corrected chi connectivity index (χ4v) is 2.84. The number of unbranched alkanes of at least 4 members (excludes halogenated alkanes) is 1. The van der Waals surface area contributed by atoms with Crippen LogP contribution >= 0.6 is 12.4 Å². The zero-order valence-electron chi connectivity index (χ0n) is 14.7. The first-order chi connectivity index (χ1) is 11.6.